The van der Waals surface area contributed by atoms with Gasteiger partial charge in [0.1, 0.15) is 18.3 Å². The number of aliphatic hydroxyl groups excluding tert-OH is 5. The SMILES string of the molecule is COC1COC(OC2CCC3(C)C(C(O)CC4(O)C3CCC3(C)C(C(C)C=CC(C)CO)CC(O)C34)C2O)C(OC)C1O. The second-order valence-corrected chi connectivity index (χ2v) is 15.1. The molecule has 1 aliphatic heterocycles. The van der Waals surface area contributed by atoms with Crippen molar-refractivity contribution < 1.29 is 49.6 Å². The summed E-state index contributed by atoms with van der Waals surface area (Å²) >= 11 is 0. The van der Waals surface area contributed by atoms with E-state index in [0.29, 0.717) is 19.3 Å². The van der Waals surface area contributed by atoms with Gasteiger partial charge in [-0.3, -0.25) is 0 Å². The number of hydrogen-bond donors (Lipinski definition) is 6. The molecule has 6 N–H and O–H groups in total. The highest BCUT2D eigenvalue weighted by molar-refractivity contribution is 5.21. The average molecular weight is 613 g/mol. The molecule has 0 bridgehead atoms. The van der Waals surface area contributed by atoms with Crippen molar-refractivity contribution in [1.82, 2.24) is 0 Å². The molecule has 5 aliphatic rings. The molecule has 0 aromatic heterocycles. The number of aliphatic hydroxyl groups is 6. The van der Waals surface area contributed by atoms with Crippen molar-refractivity contribution in [2.75, 3.05) is 27.4 Å². The van der Waals surface area contributed by atoms with Gasteiger partial charge in [-0.1, -0.05) is 39.8 Å². The van der Waals surface area contributed by atoms with E-state index in [1.54, 1.807) is 0 Å². The fraction of sp³-hybridized carbons (Fsp3) is 0.939. The molecule has 43 heavy (non-hydrogen) atoms. The van der Waals surface area contributed by atoms with Crippen LogP contribution < -0.4 is 0 Å². The van der Waals surface area contributed by atoms with Crippen LogP contribution in [0.1, 0.15) is 66.2 Å². The van der Waals surface area contributed by atoms with Crippen molar-refractivity contribution in [2.24, 2.45) is 46.3 Å². The van der Waals surface area contributed by atoms with Crippen molar-refractivity contribution in [1.29, 1.82) is 0 Å². The lowest BCUT2D eigenvalue weighted by atomic mass is 9.41. The lowest BCUT2D eigenvalue weighted by molar-refractivity contribution is -0.321. The Bertz CT molecular complexity index is 995. The third-order valence-corrected chi connectivity index (χ3v) is 12.7. The number of hydrogen-bond acceptors (Lipinski definition) is 10. The van der Waals surface area contributed by atoms with Gasteiger partial charge in [0.05, 0.1) is 36.6 Å². The molecular formula is C33H56O10. The Morgan fingerprint density at radius 1 is 0.907 bits per heavy atom. The average Bonchev–Trinajstić information content (AvgIpc) is 3.24. The number of fused-ring (bicyclic) bond motifs is 5. The van der Waals surface area contributed by atoms with Gasteiger partial charge in [-0.15, -0.1) is 0 Å². The lowest BCUT2D eigenvalue weighted by Crippen LogP contribution is -2.71. The van der Waals surface area contributed by atoms with Crippen LogP contribution in [0.25, 0.3) is 0 Å². The van der Waals surface area contributed by atoms with Crippen LogP contribution in [0.4, 0.5) is 0 Å². The number of ether oxygens (including phenoxy) is 4. The molecule has 0 aromatic rings. The van der Waals surface area contributed by atoms with E-state index in [4.69, 9.17) is 18.9 Å². The maximum Gasteiger partial charge on any atom is 0.186 e. The molecule has 4 aliphatic carbocycles. The van der Waals surface area contributed by atoms with E-state index in [0.717, 1.165) is 12.8 Å². The molecule has 10 nitrogen and oxygen atoms in total. The minimum Gasteiger partial charge on any atom is -0.396 e. The molecule has 248 valence electrons. The highest BCUT2D eigenvalue weighted by Crippen LogP contribution is 2.69. The van der Waals surface area contributed by atoms with Crippen LogP contribution in [-0.2, 0) is 18.9 Å². The summed E-state index contributed by atoms with van der Waals surface area (Å²) in [5.41, 5.74) is -2.15. The highest BCUT2D eigenvalue weighted by atomic mass is 16.7. The summed E-state index contributed by atoms with van der Waals surface area (Å²) in [5.74, 6) is -0.724. The van der Waals surface area contributed by atoms with Crippen molar-refractivity contribution in [3.05, 3.63) is 12.2 Å². The van der Waals surface area contributed by atoms with Gasteiger partial charge in [0, 0.05) is 39.1 Å². The summed E-state index contributed by atoms with van der Waals surface area (Å²) in [6.45, 7) is 8.63. The largest absolute Gasteiger partial charge is 0.396 e. The molecular weight excluding hydrogens is 556 g/mol. The van der Waals surface area contributed by atoms with E-state index < -0.39 is 66.0 Å². The van der Waals surface area contributed by atoms with Crippen molar-refractivity contribution in [3.63, 3.8) is 0 Å². The van der Waals surface area contributed by atoms with E-state index in [1.807, 2.05) is 13.0 Å². The first-order valence-electron chi connectivity index (χ1n) is 16.3. The summed E-state index contributed by atoms with van der Waals surface area (Å²) in [7, 11) is 2.97. The normalized spacial score (nSPS) is 53.2. The van der Waals surface area contributed by atoms with Crippen molar-refractivity contribution >= 4 is 0 Å². The molecule has 1 saturated heterocycles. The number of allylic oxidation sites excluding steroid dienone is 1. The molecule has 0 aromatic carbocycles. The van der Waals surface area contributed by atoms with E-state index in [9.17, 15) is 30.6 Å². The Morgan fingerprint density at radius 2 is 1.60 bits per heavy atom. The van der Waals surface area contributed by atoms with Gasteiger partial charge in [-0.05, 0) is 66.6 Å². The zero-order valence-corrected chi connectivity index (χ0v) is 26.7. The van der Waals surface area contributed by atoms with Gasteiger partial charge in [0.15, 0.2) is 6.29 Å². The molecule has 10 heteroatoms. The van der Waals surface area contributed by atoms with Crippen molar-refractivity contribution in [2.45, 2.75) is 121 Å². The van der Waals surface area contributed by atoms with Crippen LogP contribution in [0.2, 0.25) is 0 Å². The maximum atomic E-state index is 12.6. The summed E-state index contributed by atoms with van der Waals surface area (Å²) in [6, 6.07) is 0. The summed E-state index contributed by atoms with van der Waals surface area (Å²) in [5, 5.41) is 67.8. The topological polar surface area (TPSA) is 158 Å². The van der Waals surface area contributed by atoms with Gasteiger partial charge < -0.3 is 49.6 Å². The lowest BCUT2D eigenvalue weighted by Gasteiger charge is -2.66. The molecule has 17 unspecified atom stereocenters. The molecule has 1 heterocycles. The summed E-state index contributed by atoms with van der Waals surface area (Å²) in [4.78, 5) is 0. The highest BCUT2D eigenvalue weighted by Gasteiger charge is 2.72. The van der Waals surface area contributed by atoms with E-state index in [1.165, 1.54) is 14.2 Å². The summed E-state index contributed by atoms with van der Waals surface area (Å²) < 4.78 is 22.9. The maximum absolute atomic E-state index is 12.6. The predicted molar refractivity (Wildman–Crippen MR) is 158 cm³/mol. The predicted octanol–water partition coefficient (Wildman–Crippen LogP) is 1.63. The quantitative estimate of drug-likeness (QED) is 0.176. The second kappa shape index (κ2) is 12.5. The van der Waals surface area contributed by atoms with Crippen molar-refractivity contribution in [3.8, 4) is 0 Å². The van der Waals surface area contributed by atoms with Crippen LogP contribution in [0.5, 0.6) is 0 Å². The van der Waals surface area contributed by atoms with Crippen LogP contribution in [0.15, 0.2) is 12.2 Å². The van der Waals surface area contributed by atoms with Crippen LogP contribution >= 0.6 is 0 Å². The Labute approximate surface area is 256 Å². The van der Waals surface area contributed by atoms with Gasteiger partial charge in [0.25, 0.3) is 0 Å². The minimum atomic E-state index is -1.27. The molecule has 5 fully saturated rings. The number of methoxy groups -OCH3 is 2. The molecule has 5 rings (SSSR count). The zero-order valence-electron chi connectivity index (χ0n) is 26.7. The fourth-order valence-corrected chi connectivity index (χ4v) is 10.6. The minimum absolute atomic E-state index is 0.0607. The third kappa shape index (κ3) is 5.45. The van der Waals surface area contributed by atoms with Crippen LogP contribution in [0, 0.1) is 46.3 Å². The zero-order chi connectivity index (χ0) is 31.5. The monoisotopic (exact) mass is 612 g/mol. The van der Waals surface area contributed by atoms with Crippen LogP contribution in [0.3, 0.4) is 0 Å². The molecule has 0 amide bonds. The first-order chi connectivity index (χ1) is 20.3. The Balaban J connectivity index is 1.36. The first-order valence-corrected chi connectivity index (χ1v) is 16.3. The van der Waals surface area contributed by atoms with E-state index >= 15 is 0 Å². The van der Waals surface area contributed by atoms with E-state index in [2.05, 4.69) is 26.8 Å². The molecule has 4 saturated carbocycles. The molecule has 17 atom stereocenters. The van der Waals surface area contributed by atoms with Gasteiger partial charge in [-0.25, -0.2) is 0 Å². The van der Waals surface area contributed by atoms with Gasteiger partial charge >= 0.3 is 0 Å². The van der Waals surface area contributed by atoms with Crippen LogP contribution in [-0.4, -0.2) is 113 Å². The smallest absolute Gasteiger partial charge is 0.186 e. The summed E-state index contributed by atoms with van der Waals surface area (Å²) in [6.07, 6.45) is 1.04. The van der Waals surface area contributed by atoms with E-state index in [-0.39, 0.29) is 54.6 Å². The third-order valence-electron chi connectivity index (χ3n) is 12.7. The number of rotatable bonds is 8. The molecule has 0 radical (unpaired) electrons. The standard InChI is InChI=1S/C33H56O10/c1-17(15-34)7-8-18(2)19-13-20(35)29-31(19,3)12-10-24-32(4)11-9-22(26(37)25(32)21(36)14-33(24,29)39)43-30-28(41-6)27(38)23(40-5)16-42-30/h7-8,17-30,34-39H,9-16H2,1-6H3. The Morgan fingerprint density at radius 3 is 2.26 bits per heavy atom. The van der Waals surface area contributed by atoms with Gasteiger partial charge in [0.2, 0.25) is 0 Å². The Kier molecular flexibility index (Phi) is 9.80. The molecule has 0 spiro atoms. The second-order valence-electron chi connectivity index (χ2n) is 15.1. The Hall–Kier alpha value is -0.660. The van der Waals surface area contributed by atoms with Gasteiger partial charge in [-0.2, -0.15) is 0 Å². The fourth-order valence-electron chi connectivity index (χ4n) is 10.6. The first kappa shape index (κ1) is 33.7.